The van der Waals surface area contributed by atoms with Gasteiger partial charge in [-0.3, -0.25) is 10.2 Å². The summed E-state index contributed by atoms with van der Waals surface area (Å²) in [7, 11) is 0. The molecule has 3 aromatic rings. The van der Waals surface area contributed by atoms with Crippen molar-refractivity contribution in [3.8, 4) is 10.6 Å². The molecule has 2 N–H and O–H groups in total. The van der Waals surface area contributed by atoms with Gasteiger partial charge in [-0.1, -0.05) is 49.4 Å². The van der Waals surface area contributed by atoms with Gasteiger partial charge in [0, 0.05) is 11.5 Å². The molecule has 1 heterocycles. The number of alkyl halides is 3. The number of hydrogen-bond acceptors (Lipinski definition) is 5. The van der Waals surface area contributed by atoms with Crippen LogP contribution in [0.2, 0.25) is 0 Å². The maximum absolute atomic E-state index is 12.7. The molecule has 1 aromatic heterocycles. The highest BCUT2D eigenvalue weighted by Crippen LogP contribution is 2.33. The summed E-state index contributed by atoms with van der Waals surface area (Å²) < 4.78 is 43.4. The van der Waals surface area contributed by atoms with Crippen LogP contribution in [0.4, 0.5) is 18.0 Å². The molecule has 2 amide bonds. The molecular weight excluding hydrogens is 455 g/mol. The van der Waals surface area contributed by atoms with Gasteiger partial charge in [-0.15, -0.1) is 11.3 Å². The Balaban J connectivity index is 1.56. The van der Waals surface area contributed by atoms with E-state index in [-0.39, 0.29) is 17.4 Å². The maximum atomic E-state index is 12.7. The zero-order chi connectivity index (χ0) is 24.0. The van der Waals surface area contributed by atoms with Gasteiger partial charge in [-0.2, -0.15) is 13.2 Å². The van der Waals surface area contributed by atoms with Crippen molar-refractivity contribution in [3.05, 3.63) is 76.3 Å². The largest absolute Gasteiger partial charge is 0.448 e. The SMILES string of the molecule is CCC(COC(=O)NNC(=O)c1sc(-c2ccc(C(F)(F)F)cc2)nc1C)c1ccccc1. The summed E-state index contributed by atoms with van der Waals surface area (Å²) >= 11 is 1.01. The Kier molecular flexibility index (Phi) is 7.70. The Morgan fingerprint density at radius 1 is 1.06 bits per heavy atom. The molecule has 0 spiro atoms. The van der Waals surface area contributed by atoms with Crippen molar-refractivity contribution in [2.45, 2.75) is 32.4 Å². The lowest BCUT2D eigenvalue weighted by molar-refractivity contribution is -0.137. The summed E-state index contributed by atoms with van der Waals surface area (Å²) in [6.45, 7) is 3.74. The first-order valence-corrected chi connectivity index (χ1v) is 10.9. The fourth-order valence-corrected chi connectivity index (χ4v) is 4.05. The van der Waals surface area contributed by atoms with Crippen LogP contribution in [0, 0.1) is 6.92 Å². The van der Waals surface area contributed by atoms with E-state index < -0.39 is 23.7 Å². The molecule has 0 fully saturated rings. The molecule has 10 heteroatoms. The van der Waals surface area contributed by atoms with Crippen LogP contribution in [0.15, 0.2) is 54.6 Å². The van der Waals surface area contributed by atoms with Crippen molar-refractivity contribution in [1.29, 1.82) is 0 Å². The number of carbonyl (C=O) groups excluding carboxylic acids is 2. The lowest BCUT2D eigenvalue weighted by Gasteiger charge is -2.16. The number of ether oxygens (including phenoxy) is 1. The number of hydrogen-bond donors (Lipinski definition) is 2. The molecular formula is C23H22F3N3O3S. The van der Waals surface area contributed by atoms with E-state index in [1.54, 1.807) is 6.92 Å². The highest BCUT2D eigenvalue weighted by atomic mass is 32.1. The highest BCUT2D eigenvalue weighted by Gasteiger charge is 2.30. The Morgan fingerprint density at radius 3 is 2.33 bits per heavy atom. The smallest absolute Gasteiger partial charge is 0.426 e. The number of halogens is 3. The van der Waals surface area contributed by atoms with E-state index in [1.165, 1.54) is 12.1 Å². The number of rotatable bonds is 6. The van der Waals surface area contributed by atoms with E-state index in [9.17, 15) is 22.8 Å². The number of thiazole rings is 1. The van der Waals surface area contributed by atoms with Gasteiger partial charge < -0.3 is 4.74 Å². The molecule has 0 aliphatic heterocycles. The molecule has 0 aliphatic carbocycles. The highest BCUT2D eigenvalue weighted by molar-refractivity contribution is 7.17. The minimum Gasteiger partial charge on any atom is -0.448 e. The molecule has 0 radical (unpaired) electrons. The monoisotopic (exact) mass is 477 g/mol. The van der Waals surface area contributed by atoms with Crippen LogP contribution in [-0.2, 0) is 10.9 Å². The molecule has 0 saturated heterocycles. The molecule has 1 unspecified atom stereocenters. The molecule has 6 nitrogen and oxygen atoms in total. The summed E-state index contributed by atoms with van der Waals surface area (Å²) in [6.07, 6.45) is -4.46. The molecule has 1 atom stereocenters. The zero-order valence-corrected chi connectivity index (χ0v) is 18.7. The van der Waals surface area contributed by atoms with E-state index in [0.29, 0.717) is 16.3 Å². The molecule has 0 saturated carbocycles. The van der Waals surface area contributed by atoms with Crippen LogP contribution in [0.3, 0.4) is 0 Å². The van der Waals surface area contributed by atoms with Crippen molar-refractivity contribution in [3.63, 3.8) is 0 Å². The van der Waals surface area contributed by atoms with Crippen molar-refractivity contribution in [2.24, 2.45) is 0 Å². The van der Waals surface area contributed by atoms with Crippen molar-refractivity contribution in [2.75, 3.05) is 6.61 Å². The topological polar surface area (TPSA) is 80.3 Å². The van der Waals surface area contributed by atoms with E-state index in [1.807, 2.05) is 37.3 Å². The van der Waals surface area contributed by atoms with Crippen molar-refractivity contribution < 1.29 is 27.5 Å². The first-order valence-electron chi connectivity index (χ1n) is 10.1. The lowest BCUT2D eigenvalue weighted by Crippen LogP contribution is -2.42. The second kappa shape index (κ2) is 10.5. The van der Waals surface area contributed by atoms with Gasteiger partial charge in [0.05, 0.1) is 11.3 Å². The third kappa shape index (κ3) is 6.32. The third-order valence-corrected chi connectivity index (χ3v) is 6.12. The van der Waals surface area contributed by atoms with Gasteiger partial charge in [0.25, 0.3) is 5.91 Å². The predicted octanol–water partition coefficient (Wildman–Crippen LogP) is 5.70. The summed E-state index contributed by atoms with van der Waals surface area (Å²) in [5.41, 5.74) is 5.60. The van der Waals surface area contributed by atoms with Gasteiger partial charge in [-0.05, 0) is 31.0 Å². The molecule has 0 aliphatic rings. The van der Waals surface area contributed by atoms with Crippen molar-refractivity contribution in [1.82, 2.24) is 15.8 Å². The first kappa shape index (κ1) is 24.2. The summed E-state index contributed by atoms with van der Waals surface area (Å²) in [5.74, 6) is -0.571. The van der Waals surface area contributed by atoms with Crippen LogP contribution < -0.4 is 10.9 Å². The molecule has 3 rings (SSSR count). The van der Waals surface area contributed by atoms with Crippen molar-refractivity contribution >= 4 is 23.3 Å². The Morgan fingerprint density at radius 2 is 1.73 bits per heavy atom. The normalized spacial score (nSPS) is 12.2. The fraction of sp³-hybridized carbons (Fsp3) is 0.261. The number of hydrazine groups is 1. The quantitative estimate of drug-likeness (QED) is 0.446. The van der Waals surface area contributed by atoms with Gasteiger partial charge in [0.1, 0.15) is 16.5 Å². The van der Waals surface area contributed by atoms with E-state index >= 15 is 0 Å². The number of nitrogens with zero attached hydrogens (tertiary/aromatic N) is 1. The average Bonchev–Trinajstić information content (AvgIpc) is 3.20. The van der Waals surface area contributed by atoms with E-state index in [4.69, 9.17) is 4.74 Å². The number of aromatic nitrogens is 1. The van der Waals surface area contributed by atoms with E-state index in [0.717, 1.165) is 35.5 Å². The average molecular weight is 478 g/mol. The van der Waals surface area contributed by atoms with Gasteiger partial charge in [-0.25, -0.2) is 15.2 Å². The standard InChI is InChI=1S/C23H22F3N3O3S/c1-3-15(16-7-5-4-6-8-16)13-32-22(31)29-28-20(30)19-14(2)27-21(33-19)17-9-11-18(12-10-17)23(24,25)26/h4-12,15H,3,13H2,1-2H3,(H,28,30)(H,29,31). The second-order valence-electron chi connectivity index (χ2n) is 7.20. The molecule has 2 aromatic carbocycles. The van der Waals surface area contributed by atoms with E-state index in [2.05, 4.69) is 15.8 Å². The Labute approximate surface area is 192 Å². The Hall–Kier alpha value is -3.40. The summed E-state index contributed by atoms with van der Waals surface area (Å²) in [6, 6.07) is 14.2. The number of benzene rings is 2. The predicted molar refractivity (Wildman–Crippen MR) is 119 cm³/mol. The molecule has 0 bridgehead atoms. The number of aryl methyl sites for hydroxylation is 1. The minimum atomic E-state index is -4.43. The second-order valence-corrected chi connectivity index (χ2v) is 8.20. The fourth-order valence-electron chi connectivity index (χ4n) is 3.08. The number of amides is 2. The van der Waals surface area contributed by atoms with Crippen LogP contribution in [0.25, 0.3) is 10.6 Å². The molecule has 174 valence electrons. The Bertz CT molecular complexity index is 1100. The van der Waals surface area contributed by atoms with Crippen LogP contribution in [0.1, 0.15) is 45.8 Å². The maximum Gasteiger partial charge on any atom is 0.426 e. The lowest BCUT2D eigenvalue weighted by atomic mass is 9.98. The summed E-state index contributed by atoms with van der Waals surface area (Å²) in [5, 5.41) is 0.391. The van der Waals surface area contributed by atoms with Gasteiger partial charge in [0.2, 0.25) is 0 Å². The van der Waals surface area contributed by atoms with Gasteiger partial charge in [0.15, 0.2) is 0 Å². The number of carbonyl (C=O) groups is 2. The van der Waals surface area contributed by atoms with Gasteiger partial charge >= 0.3 is 12.3 Å². The zero-order valence-electron chi connectivity index (χ0n) is 17.9. The van der Waals surface area contributed by atoms with Crippen LogP contribution >= 0.6 is 11.3 Å². The first-order chi connectivity index (χ1) is 15.7. The third-order valence-electron chi connectivity index (χ3n) is 4.92. The molecule has 33 heavy (non-hydrogen) atoms. The summed E-state index contributed by atoms with van der Waals surface area (Å²) in [4.78, 5) is 28.9. The van der Waals surface area contributed by atoms with Crippen LogP contribution in [-0.4, -0.2) is 23.6 Å². The van der Waals surface area contributed by atoms with Crippen LogP contribution in [0.5, 0.6) is 0 Å². The minimum absolute atomic E-state index is 0.0303. The number of nitrogens with one attached hydrogen (secondary N) is 2.